The van der Waals surface area contributed by atoms with E-state index in [1.165, 1.54) is 4.68 Å². The Morgan fingerprint density at radius 2 is 2.33 bits per heavy atom. The fourth-order valence-corrected chi connectivity index (χ4v) is 1.78. The predicted octanol–water partition coefficient (Wildman–Crippen LogP) is 0.625. The molecule has 0 amide bonds. The molecule has 1 rings (SSSR count). The molecule has 0 spiro atoms. The highest BCUT2D eigenvalue weighted by atomic mass is 79.9. The van der Waals surface area contributed by atoms with E-state index in [2.05, 4.69) is 21.0 Å². The van der Waals surface area contributed by atoms with Crippen LogP contribution in [0.2, 0.25) is 0 Å². The van der Waals surface area contributed by atoms with Gasteiger partial charge in [0, 0.05) is 27.7 Å². The average Bonchev–Trinajstić information content (AvgIpc) is 2.23. The van der Waals surface area contributed by atoms with Crippen molar-refractivity contribution < 1.29 is 4.74 Å². The number of aryl methyl sites for hydroxylation is 1. The molecule has 0 radical (unpaired) electrons. The van der Waals surface area contributed by atoms with Crippen LogP contribution in [0.25, 0.3) is 0 Å². The summed E-state index contributed by atoms with van der Waals surface area (Å²) in [4.78, 5) is 13.5. The van der Waals surface area contributed by atoms with Gasteiger partial charge in [0.05, 0.1) is 18.5 Å². The van der Waals surface area contributed by atoms with Crippen LogP contribution in [0.5, 0.6) is 0 Å². The highest BCUT2D eigenvalue weighted by molar-refractivity contribution is 9.10. The van der Waals surface area contributed by atoms with Crippen molar-refractivity contribution in [1.82, 2.24) is 9.78 Å². The number of anilines is 1. The third-order valence-corrected chi connectivity index (χ3v) is 2.85. The molecule has 0 N–H and O–H groups in total. The Morgan fingerprint density at radius 3 is 2.93 bits per heavy atom. The summed E-state index contributed by atoms with van der Waals surface area (Å²) in [5.41, 5.74) is 0.631. The molecule has 1 aromatic rings. The topological polar surface area (TPSA) is 47.4 Å². The Kier molecular flexibility index (Phi) is 4.28. The maximum absolute atomic E-state index is 11.6. The Hall–Kier alpha value is -0.880. The van der Waals surface area contributed by atoms with E-state index in [1.807, 2.05) is 11.9 Å². The van der Waals surface area contributed by atoms with Crippen LogP contribution in [-0.2, 0) is 11.8 Å². The van der Waals surface area contributed by atoms with Gasteiger partial charge in [0.2, 0.25) is 0 Å². The third kappa shape index (κ3) is 2.79. The van der Waals surface area contributed by atoms with E-state index < -0.39 is 0 Å². The van der Waals surface area contributed by atoms with Crippen LogP contribution in [0.15, 0.2) is 15.5 Å². The molecule has 0 unspecified atom stereocenters. The second-order valence-electron chi connectivity index (χ2n) is 3.19. The average molecular weight is 276 g/mol. The minimum atomic E-state index is -0.142. The molecule has 0 saturated carbocycles. The number of rotatable bonds is 4. The van der Waals surface area contributed by atoms with Crippen molar-refractivity contribution in [2.75, 3.05) is 32.2 Å². The Morgan fingerprint density at radius 1 is 1.67 bits per heavy atom. The normalized spacial score (nSPS) is 10.4. The highest BCUT2D eigenvalue weighted by Crippen LogP contribution is 2.19. The van der Waals surface area contributed by atoms with E-state index >= 15 is 0 Å². The second-order valence-corrected chi connectivity index (χ2v) is 3.98. The minimum Gasteiger partial charge on any atom is -0.383 e. The first-order chi connectivity index (χ1) is 7.07. The monoisotopic (exact) mass is 275 g/mol. The molecule has 0 aromatic carbocycles. The number of aromatic nitrogens is 2. The molecule has 0 aliphatic heterocycles. The summed E-state index contributed by atoms with van der Waals surface area (Å²) in [6, 6.07) is 0. The zero-order valence-corrected chi connectivity index (χ0v) is 10.6. The maximum atomic E-state index is 11.6. The van der Waals surface area contributed by atoms with Gasteiger partial charge >= 0.3 is 0 Å². The van der Waals surface area contributed by atoms with Gasteiger partial charge < -0.3 is 9.64 Å². The quantitative estimate of drug-likeness (QED) is 0.809. The lowest BCUT2D eigenvalue weighted by molar-refractivity contribution is 0.206. The first-order valence-electron chi connectivity index (χ1n) is 4.49. The molecule has 84 valence electrons. The van der Waals surface area contributed by atoms with Crippen LogP contribution < -0.4 is 10.5 Å². The molecule has 0 saturated heterocycles. The van der Waals surface area contributed by atoms with E-state index in [1.54, 1.807) is 20.4 Å². The van der Waals surface area contributed by atoms with Crippen molar-refractivity contribution in [3.63, 3.8) is 0 Å². The highest BCUT2D eigenvalue weighted by Gasteiger charge is 2.10. The molecule has 0 atom stereocenters. The SMILES string of the molecule is COCCN(C)c1cnn(C)c(=O)c1Br. The van der Waals surface area contributed by atoms with E-state index in [0.717, 1.165) is 5.69 Å². The van der Waals surface area contributed by atoms with Crippen LogP contribution in [-0.4, -0.2) is 37.1 Å². The summed E-state index contributed by atoms with van der Waals surface area (Å²) < 4.78 is 6.78. The fourth-order valence-electron chi connectivity index (χ4n) is 1.12. The number of hydrogen-bond donors (Lipinski definition) is 0. The molecule has 5 nitrogen and oxygen atoms in total. The summed E-state index contributed by atoms with van der Waals surface area (Å²) in [7, 11) is 5.15. The second kappa shape index (κ2) is 5.27. The fraction of sp³-hybridized carbons (Fsp3) is 0.556. The van der Waals surface area contributed by atoms with Gasteiger partial charge in [-0.15, -0.1) is 0 Å². The molecular weight excluding hydrogens is 262 g/mol. The Labute approximate surface area is 96.8 Å². The zero-order chi connectivity index (χ0) is 11.4. The third-order valence-electron chi connectivity index (χ3n) is 2.10. The van der Waals surface area contributed by atoms with Gasteiger partial charge in [-0.05, 0) is 15.9 Å². The first kappa shape index (κ1) is 12.2. The molecule has 0 bridgehead atoms. The van der Waals surface area contributed by atoms with Crippen molar-refractivity contribution in [3.05, 3.63) is 21.0 Å². The molecule has 0 fully saturated rings. The van der Waals surface area contributed by atoms with Crippen molar-refractivity contribution in [1.29, 1.82) is 0 Å². The van der Waals surface area contributed by atoms with Gasteiger partial charge in [-0.1, -0.05) is 0 Å². The van der Waals surface area contributed by atoms with Gasteiger partial charge in [0.25, 0.3) is 5.56 Å². The van der Waals surface area contributed by atoms with E-state index in [-0.39, 0.29) is 5.56 Å². The van der Waals surface area contributed by atoms with Crippen molar-refractivity contribution in [2.45, 2.75) is 0 Å². The molecule has 1 aromatic heterocycles. The lowest BCUT2D eigenvalue weighted by Gasteiger charge is -2.19. The standard InChI is InChI=1S/C9H14BrN3O2/c1-12(4-5-15-3)7-6-11-13(2)9(14)8(7)10/h6H,4-5H2,1-3H3. The maximum Gasteiger partial charge on any atom is 0.282 e. The largest absolute Gasteiger partial charge is 0.383 e. The predicted molar refractivity (Wildman–Crippen MR) is 62.3 cm³/mol. The minimum absolute atomic E-state index is 0.142. The van der Waals surface area contributed by atoms with Crippen LogP contribution in [0, 0.1) is 0 Å². The zero-order valence-electron chi connectivity index (χ0n) is 9.03. The smallest absolute Gasteiger partial charge is 0.282 e. The van der Waals surface area contributed by atoms with E-state index in [9.17, 15) is 4.79 Å². The van der Waals surface area contributed by atoms with Gasteiger partial charge in [0.15, 0.2) is 0 Å². The first-order valence-corrected chi connectivity index (χ1v) is 5.29. The lowest BCUT2D eigenvalue weighted by Crippen LogP contribution is -2.27. The van der Waals surface area contributed by atoms with Gasteiger partial charge in [-0.25, -0.2) is 4.68 Å². The van der Waals surface area contributed by atoms with Crippen LogP contribution in [0.4, 0.5) is 5.69 Å². The molecule has 6 heteroatoms. The number of nitrogens with zero attached hydrogens (tertiary/aromatic N) is 3. The molecule has 15 heavy (non-hydrogen) atoms. The number of likely N-dealkylation sites (N-methyl/N-ethyl adjacent to an activating group) is 1. The number of halogens is 1. The molecule has 1 heterocycles. The Balaban J connectivity index is 2.95. The summed E-state index contributed by atoms with van der Waals surface area (Å²) in [5, 5.41) is 3.96. The summed E-state index contributed by atoms with van der Waals surface area (Å²) in [5.74, 6) is 0. The lowest BCUT2D eigenvalue weighted by atomic mass is 10.4. The van der Waals surface area contributed by atoms with Crippen molar-refractivity contribution >= 4 is 21.6 Å². The summed E-state index contributed by atoms with van der Waals surface area (Å²) in [6.45, 7) is 1.32. The van der Waals surface area contributed by atoms with Gasteiger partial charge in [-0.3, -0.25) is 4.79 Å². The molecular formula is C9H14BrN3O2. The van der Waals surface area contributed by atoms with Gasteiger partial charge in [-0.2, -0.15) is 5.10 Å². The van der Waals surface area contributed by atoms with Crippen LogP contribution >= 0.6 is 15.9 Å². The van der Waals surface area contributed by atoms with Crippen LogP contribution in [0.3, 0.4) is 0 Å². The van der Waals surface area contributed by atoms with E-state index in [4.69, 9.17) is 4.74 Å². The van der Waals surface area contributed by atoms with Crippen molar-refractivity contribution in [3.8, 4) is 0 Å². The summed E-state index contributed by atoms with van der Waals surface area (Å²) >= 11 is 3.27. The Bertz CT molecular complexity index is 391. The van der Waals surface area contributed by atoms with Gasteiger partial charge in [0.1, 0.15) is 4.47 Å². The summed E-state index contributed by atoms with van der Waals surface area (Å²) in [6.07, 6.45) is 1.65. The number of methoxy groups -OCH3 is 1. The number of hydrogen-bond acceptors (Lipinski definition) is 4. The molecule has 0 aliphatic carbocycles. The van der Waals surface area contributed by atoms with E-state index in [0.29, 0.717) is 17.6 Å². The van der Waals surface area contributed by atoms with Crippen molar-refractivity contribution in [2.24, 2.45) is 7.05 Å². The molecule has 0 aliphatic rings. The number of ether oxygens (including phenoxy) is 1. The van der Waals surface area contributed by atoms with Crippen LogP contribution in [0.1, 0.15) is 0 Å².